The number of aryl methyl sites for hydroxylation is 1. The molecule has 0 aliphatic heterocycles. The fraction of sp³-hybridized carbons (Fsp3) is 0.538. The summed E-state index contributed by atoms with van der Waals surface area (Å²) < 4.78 is 16.9. The standard InChI is InChI=1S/C13H20BrNO3/c1-16-10-8-9(6-4-5-7-15)12(17-2)11(14)13(10)18-3/h8H,4-7,15H2,1-3H3. The molecule has 0 aliphatic carbocycles. The predicted molar refractivity (Wildman–Crippen MR) is 75.8 cm³/mol. The van der Waals surface area contributed by atoms with Crippen LogP contribution in [0.3, 0.4) is 0 Å². The summed E-state index contributed by atoms with van der Waals surface area (Å²) in [6.07, 6.45) is 2.92. The molecule has 0 unspecified atom stereocenters. The van der Waals surface area contributed by atoms with Gasteiger partial charge in [-0.3, -0.25) is 0 Å². The summed E-state index contributed by atoms with van der Waals surface area (Å²) in [6.45, 7) is 0.705. The Morgan fingerprint density at radius 3 is 2.22 bits per heavy atom. The Morgan fingerprint density at radius 1 is 1.06 bits per heavy atom. The van der Waals surface area contributed by atoms with Crippen molar-refractivity contribution >= 4 is 15.9 Å². The van der Waals surface area contributed by atoms with Crippen molar-refractivity contribution in [2.45, 2.75) is 19.3 Å². The highest BCUT2D eigenvalue weighted by atomic mass is 79.9. The molecule has 0 bridgehead atoms. The average Bonchev–Trinajstić information content (AvgIpc) is 2.38. The topological polar surface area (TPSA) is 53.7 Å². The second-order valence-corrected chi connectivity index (χ2v) is 4.66. The SMILES string of the molecule is COc1cc(CCCCN)c(OC)c(Br)c1OC. The number of unbranched alkanes of at least 4 members (excludes halogenated alkanes) is 1. The first kappa shape index (κ1) is 15.1. The predicted octanol–water partition coefficient (Wildman–Crippen LogP) is 2.76. The number of hydrogen-bond acceptors (Lipinski definition) is 4. The third kappa shape index (κ3) is 3.29. The molecule has 102 valence electrons. The van der Waals surface area contributed by atoms with E-state index >= 15 is 0 Å². The molecule has 1 aromatic carbocycles. The Morgan fingerprint density at radius 2 is 1.72 bits per heavy atom. The summed E-state index contributed by atoms with van der Waals surface area (Å²) >= 11 is 3.50. The van der Waals surface area contributed by atoms with Gasteiger partial charge in [0.05, 0.1) is 21.3 Å². The molecule has 2 N–H and O–H groups in total. The van der Waals surface area contributed by atoms with Crippen LogP contribution in [0, 0.1) is 0 Å². The molecule has 0 saturated heterocycles. The Hall–Kier alpha value is -0.940. The number of rotatable bonds is 7. The zero-order valence-corrected chi connectivity index (χ0v) is 12.7. The second kappa shape index (κ2) is 7.48. The highest BCUT2D eigenvalue weighted by Gasteiger charge is 2.18. The van der Waals surface area contributed by atoms with Crippen LogP contribution in [0.1, 0.15) is 18.4 Å². The Labute approximate surface area is 117 Å². The third-order valence-corrected chi connectivity index (χ3v) is 3.47. The third-order valence-electron chi connectivity index (χ3n) is 2.75. The van der Waals surface area contributed by atoms with Crippen LogP contribution in [0.4, 0.5) is 0 Å². The van der Waals surface area contributed by atoms with Crippen molar-refractivity contribution in [3.8, 4) is 17.2 Å². The molecule has 1 aromatic rings. The molecule has 0 aliphatic rings. The number of nitrogens with two attached hydrogens (primary N) is 1. The van der Waals surface area contributed by atoms with Gasteiger partial charge in [-0.25, -0.2) is 0 Å². The van der Waals surface area contributed by atoms with Crippen LogP contribution >= 0.6 is 15.9 Å². The van der Waals surface area contributed by atoms with E-state index in [9.17, 15) is 0 Å². The minimum Gasteiger partial charge on any atom is -0.495 e. The minimum atomic E-state index is 0.650. The number of methoxy groups -OCH3 is 3. The summed E-state index contributed by atoms with van der Waals surface area (Å²) in [4.78, 5) is 0. The van der Waals surface area contributed by atoms with Crippen molar-refractivity contribution in [2.24, 2.45) is 5.73 Å². The van der Waals surface area contributed by atoms with Gasteiger partial charge in [0.2, 0.25) is 0 Å². The molecular weight excluding hydrogens is 298 g/mol. The van der Waals surface area contributed by atoms with Crippen molar-refractivity contribution in [2.75, 3.05) is 27.9 Å². The lowest BCUT2D eigenvalue weighted by atomic mass is 10.1. The lowest BCUT2D eigenvalue weighted by molar-refractivity contribution is 0.344. The molecule has 0 fully saturated rings. The summed E-state index contributed by atoms with van der Waals surface area (Å²) in [5.74, 6) is 2.15. The zero-order chi connectivity index (χ0) is 13.5. The quantitative estimate of drug-likeness (QED) is 0.786. The van der Waals surface area contributed by atoms with Gasteiger partial charge >= 0.3 is 0 Å². The molecule has 18 heavy (non-hydrogen) atoms. The minimum absolute atomic E-state index is 0.650. The van der Waals surface area contributed by atoms with E-state index in [1.807, 2.05) is 6.07 Å². The smallest absolute Gasteiger partial charge is 0.178 e. The lowest BCUT2D eigenvalue weighted by Crippen LogP contribution is -2.02. The van der Waals surface area contributed by atoms with Gasteiger partial charge in [-0.1, -0.05) is 0 Å². The van der Waals surface area contributed by atoms with Gasteiger partial charge in [-0.05, 0) is 53.4 Å². The number of halogens is 1. The van der Waals surface area contributed by atoms with Crippen LogP contribution in [-0.4, -0.2) is 27.9 Å². The maximum atomic E-state index is 5.51. The fourth-order valence-corrected chi connectivity index (χ4v) is 2.62. The molecule has 4 nitrogen and oxygen atoms in total. The summed E-state index contributed by atoms with van der Waals surface area (Å²) in [5, 5.41) is 0. The maximum Gasteiger partial charge on any atom is 0.178 e. The molecule has 0 saturated carbocycles. The van der Waals surface area contributed by atoms with Gasteiger partial charge in [-0.2, -0.15) is 0 Å². The van der Waals surface area contributed by atoms with Gasteiger partial charge < -0.3 is 19.9 Å². The Kier molecular flexibility index (Phi) is 6.29. The number of hydrogen-bond donors (Lipinski definition) is 1. The van der Waals surface area contributed by atoms with E-state index in [0.29, 0.717) is 18.0 Å². The van der Waals surface area contributed by atoms with Crippen LogP contribution in [0.5, 0.6) is 17.2 Å². The normalized spacial score (nSPS) is 10.3. The van der Waals surface area contributed by atoms with Crippen molar-refractivity contribution in [3.63, 3.8) is 0 Å². The molecule has 0 radical (unpaired) electrons. The second-order valence-electron chi connectivity index (χ2n) is 3.86. The molecule has 5 heteroatoms. The molecule has 0 heterocycles. The van der Waals surface area contributed by atoms with E-state index in [2.05, 4.69) is 15.9 Å². The first-order valence-electron chi connectivity index (χ1n) is 5.87. The van der Waals surface area contributed by atoms with Gasteiger partial charge in [0, 0.05) is 0 Å². The molecule has 0 amide bonds. The van der Waals surface area contributed by atoms with Crippen molar-refractivity contribution in [3.05, 3.63) is 16.1 Å². The van der Waals surface area contributed by atoms with E-state index in [-0.39, 0.29) is 0 Å². The van der Waals surface area contributed by atoms with Gasteiger partial charge in [0.25, 0.3) is 0 Å². The van der Waals surface area contributed by atoms with Crippen molar-refractivity contribution < 1.29 is 14.2 Å². The molecule has 0 spiro atoms. The molecule has 0 atom stereocenters. The van der Waals surface area contributed by atoms with E-state index in [1.54, 1.807) is 21.3 Å². The van der Waals surface area contributed by atoms with E-state index in [0.717, 1.165) is 35.0 Å². The van der Waals surface area contributed by atoms with Crippen LogP contribution < -0.4 is 19.9 Å². The monoisotopic (exact) mass is 317 g/mol. The van der Waals surface area contributed by atoms with Crippen molar-refractivity contribution in [1.29, 1.82) is 0 Å². The first-order valence-corrected chi connectivity index (χ1v) is 6.66. The summed E-state index contributed by atoms with van der Waals surface area (Å²) in [5.41, 5.74) is 6.60. The van der Waals surface area contributed by atoms with Crippen LogP contribution in [0.15, 0.2) is 10.5 Å². The number of ether oxygens (including phenoxy) is 3. The number of benzene rings is 1. The van der Waals surface area contributed by atoms with E-state index in [4.69, 9.17) is 19.9 Å². The molecule has 1 rings (SSSR count). The largest absolute Gasteiger partial charge is 0.495 e. The highest BCUT2D eigenvalue weighted by molar-refractivity contribution is 9.10. The fourth-order valence-electron chi connectivity index (χ4n) is 1.85. The van der Waals surface area contributed by atoms with Crippen LogP contribution in [0.2, 0.25) is 0 Å². The average molecular weight is 318 g/mol. The maximum absolute atomic E-state index is 5.51. The lowest BCUT2D eigenvalue weighted by Gasteiger charge is -2.16. The molecule has 0 aromatic heterocycles. The highest BCUT2D eigenvalue weighted by Crippen LogP contribution is 2.44. The van der Waals surface area contributed by atoms with Crippen LogP contribution in [-0.2, 0) is 6.42 Å². The zero-order valence-electron chi connectivity index (χ0n) is 11.1. The Bertz CT molecular complexity index is 396. The van der Waals surface area contributed by atoms with E-state index < -0.39 is 0 Å². The summed E-state index contributed by atoms with van der Waals surface area (Å²) in [7, 11) is 4.88. The first-order chi connectivity index (χ1) is 8.69. The van der Waals surface area contributed by atoms with Crippen molar-refractivity contribution in [1.82, 2.24) is 0 Å². The van der Waals surface area contributed by atoms with Gasteiger partial charge in [0.1, 0.15) is 10.2 Å². The Balaban J connectivity index is 3.11. The van der Waals surface area contributed by atoms with Crippen LogP contribution in [0.25, 0.3) is 0 Å². The van der Waals surface area contributed by atoms with Gasteiger partial charge in [0.15, 0.2) is 11.5 Å². The van der Waals surface area contributed by atoms with E-state index in [1.165, 1.54) is 0 Å². The van der Waals surface area contributed by atoms with Gasteiger partial charge in [-0.15, -0.1) is 0 Å². The summed E-state index contributed by atoms with van der Waals surface area (Å²) in [6, 6.07) is 1.96. The molecular formula is C13H20BrNO3.